The van der Waals surface area contributed by atoms with E-state index in [-0.39, 0.29) is 61.0 Å². The molecule has 0 amide bonds. The molecule has 0 radical (unpaired) electrons. The number of nitrogens with one attached hydrogen (secondary N) is 1. The molecule has 1 aromatic heterocycles. The fourth-order valence-electron chi connectivity index (χ4n) is 7.02. The van der Waals surface area contributed by atoms with Gasteiger partial charge in [0.25, 0.3) is 5.56 Å². The molecule has 4 aromatic carbocycles. The van der Waals surface area contributed by atoms with Crippen LogP contribution in [0.25, 0.3) is 22.3 Å². The summed E-state index contributed by atoms with van der Waals surface area (Å²) in [5, 5.41) is 3.53. The van der Waals surface area contributed by atoms with Crippen molar-refractivity contribution >= 4 is 40.9 Å². The largest absolute Gasteiger partial charge is 0.466 e. The number of benzene rings is 4. The summed E-state index contributed by atoms with van der Waals surface area (Å²) in [5.41, 5.74) is 12.2. The highest BCUT2D eigenvalue weighted by atomic mass is 35.5. The molecule has 0 aliphatic rings. The zero-order valence-electron chi connectivity index (χ0n) is 35.9. The maximum Gasteiger partial charge on any atom is 0.311 e. The number of rotatable bonds is 23. The van der Waals surface area contributed by atoms with Crippen molar-refractivity contribution in [1.29, 1.82) is 0 Å². The molecule has 0 bridgehead atoms. The van der Waals surface area contributed by atoms with Gasteiger partial charge in [0.05, 0.1) is 44.3 Å². The van der Waals surface area contributed by atoms with Gasteiger partial charge in [-0.05, 0) is 117 Å². The molecule has 11 nitrogen and oxygen atoms in total. The van der Waals surface area contributed by atoms with Crippen LogP contribution < -0.4 is 11.3 Å². The van der Waals surface area contributed by atoms with Gasteiger partial charge < -0.3 is 29.2 Å². The maximum atomic E-state index is 12.8. The summed E-state index contributed by atoms with van der Waals surface area (Å²) in [6.45, 7) is 9.55. The highest BCUT2D eigenvalue weighted by molar-refractivity contribution is 6.31. The van der Waals surface area contributed by atoms with Crippen LogP contribution in [0.5, 0.6) is 0 Å². The number of carbonyl (C=O) groups is 3. The van der Waals surface area contributed by atoms with Gasteiger partial charge in [-0.15, -0.1) is 0 Å². The van der Waals surface area contributed by atoms with Crippen molar-refractivity contribution in [2.45, 2.75) is 65.8 Å². The molecule has 332 valence electrons. The fraction of sp³-hybridized carbons (Fsp3) is 0.388. The topological polar surface area (TPSA) is 160 Å². The van der Waals surface area contributed by atoms with Gasteiger partial charge in [-0.2, -0.15) is 5.16 Å². The normalized spacial score (nSPS) is 13.0. The molecule has 0 unspecified atom stereocenters. The van der Waals surface area contributed by atoms with E-state index >= 15 is 0 Å². The molecule has 1 heterocycles. The number of hydrogen-bond acceptors (Lipinski definition) is 10. The first-order valence-corrected chi connectivity index (χ1v) is 21.8. The van der Waals surface area contributed by atoms with Crippen LogP contribution in [0, 0.1) is 17.8 Å². The third kappa shape index (κ3) is 16.7. The summed E-state index contributed by atoms with van der Waals surface area (Å²) >= 11 is 12.2. The summed E-state index contributed by atoms with van der Waals surface area (Å²) in [7, 11) is 0. The van der Waals surface area contributed by atoms with Gasteiger partial charge in [0.2, 0.25) is 11.5 Å². The minimum Gasteiger partial charge on any atom is -0.466 e. The van der Waals surface area contributed by atoms with Crippen LogP contribution in [0.4, 0.5) is 0 Å². The monoisotopic (exact) mass is 888 g/mol. The Kier molecular flexibility index (Phi) is 21.2. The summed E-state index contributed by atoms with van der Waals surface area (Å²) in [6.07, 6.45) is 2.29. The summed E-state index contributed by atoms with van der Waals surface area (Å²) in [4.78, 5) is 48.9. The molecular formula is C49H58Cl2N2O9. The van der Waals surface area contributed by atoms with E-state index < -0.39 is 11.5 Å². The Morgan fingerprint density at radius 2 is 1.11 bits per heavy atom. The van der Waals surface area contributed by atoms with Crippen molar-refractivity contribution in [3.05, 3.63) is 140 Å². The Labute approximate surface area is 374 Å². The van der Waals surface area contributed by atoms with Crippen LogP contribution in [0.1, 0.15) is 68.6 Å². The van der Waals surface area contributed by atoms with E-state index in [1.54, 1.807) is 13.8 Å². The Morgan fingerprint density at radius 3 is 1.55 bits per heavy atom. The van der Waals surface area contributed by atoms with Crippen LogP contribution in [0.2, 0.25) is 10.0 Å². The predicted octanol–water partition coefficient (Wildman–Crippen LogP) is 9.81. The first-order chi connectivity index (χ1) is 29.9. The quantitative estimate of drug-likeness (QED) is 0.0477. The lowest BCUT2D eigenvalue weighted by molar-refractivity contribution is -0.151. The van der Waals surface area contributed by atoms with E-state index in [4.69, 9.17) is 52.4 Å². The zero-order chi connectivity index (χ0) is 44.9. The van der Waals surface area contributed by atoms with E-state index in [0.29, 0.717) is 57.1 Å². The van der Waals surface area contributed by atoms with Crippen molar-refractivity contribution in [2.24, 2.45) is 23.5 Å². The number of ketones is 1. The first-order valence-electron chi connectivity index (χ1n) is 21.1. The third-order valence-electron chi connectivity index (χ3n) is 10.0. The highest BCUT2D eigenvalue weighted by Crippen LogP contribution is 2.28. The Hall–Kier alpha value is -5.04. The number of esters is 2. The molecule has 0 spiro atoms. The second-order valence-corrected chi connectivity index (χ2v) is 15.7. The van der Waals surface area contributed by atoms with E-state index in [2.05, 4.69) is 29.4 Å². The summed E-state index contributed by atoms with van der Waals surface area (Å²) < 4.78 is 26.3. The molecular weight excluding hydrogens is 831 g/mol. The molecule has 3 N–H and O–H groups in total. The molecule has 0 aliphatic heterocycles. The lowest BCUT2D eigenvalue weighted by atomic mass is 9.85. The van der Waals surface area contributed by atoms with E-state index in [1.807, 2.05) is 86.6 Å². The highest BCUT2D eigenvalue weighted by Gasteiger charge is 2.28. The molecule has 0 fully saturated rings. The lowest BCUT2D eigenvalue weighted by Crippen LogP contribution is -2.32. The zero-order valence-corrected chi connectivity index (χ0v) is 37.4. The molecule has 0 saturated carbocycles. The minimum absolute atomic E-state index is 0.0196. The van der Waals surface area contributed by atoms with E-state index in [1.165, 1.54) is 0 Å². The second kappa shape index (κ2) is 26.4. The molecule has 0 saturated heterocycles. The molecule has 5 aromatic rings. The maximum absolute atomic E-state index is 12.8. The van der Waals surface area contributed by atoms with E-state index in [0.717, 1.165) is 44.5 Å². The number of H-pyrrole nitrogens is 1. The van der Waals surface area contributed by atoms with Gasteiger partial charge in [0.1, 0.15) is 0 Å². The van der Waals surface area contributed by atoms with Crippen LogP contribution in [0.15, 0.2) is 112 Å². The number of nitrogens with two attached hydrogens (primary N) is 1. The number of ether oxygens (including phenoxy) is 4. The molecule has 62 heavy (non-hydrogen) atoms. The Morgan fingerprint density at radius 1 is 0.629 bits per heavy atom. The fourth-order valence-corrected chi connectivity index (χ4v) is 7.40. The SMILES string of the molecule is CCOC[C@H](C[C@H](CC(=O)c1cc(=O)[nH]o1)Cc1ccc(-c2cccc(Cl)c2)cc1)C(=O)OCC.CCOC[C@H](C[C@H](N)Cc1ccc(-c2cccc(Cl)c2)cc1)C(=O)OCC. The number of carbonyl (C=O) groups excluding carboxylic acids is 3. The van der Waals surface area contributed by atoms with Crippen molar-refractivity contribution in [3.63, 3.8) is 0 Å². The lowest BCUT2D eigenvalue weighted by Gasteiger charge is -2.22. The predicted molar refractivity (Wildman–Crippen MR) is 243 cm³/mol. The van der Waals surface area contributed by atoms with Crippen molar-refractivity contribution in [3.8, 4) is 22.3 Å². The number of Topliss-reactive ketones (excluding diaryl/α,β-unsaturated/α-hetero) is 1. The molecule has 4 atom stereocenters. The smallest absolute Gasteiger partial charge is 0.311 e. The van der Waals surface area contributed by atoms with Crippen LogP contribution in [0.3, 0.4) is 0 Å². The van der Waals surface area contributed by atoms with Crippen LogP contribution in [-0.4, -0.2) is 68.6 Å². The summed E-state index contributed by atoms with van der Waals surface area (Å²) in [5.74, 6) is -1.94. The van der Waals surface area contributed by atoms with Gasteiger partial charge in [0.15, 0.2) is 0 Å². The minimum atomic E-state index is -0.503. The van der Waals surface area contributed by atoms with Gasteiger partial charge in [-0.1, -0.05) is 96.0 Å². The average Bonchev–Trinajstić information content (AvgIpc) is 3.71. The standard InChI is InChI=1S/C27H30ClNO6.C22H28ClNO3/c1-3-33-17-22(27(32)34-4-2)13-19(14-24(30)25-16-26(31)29-35-25)12-18-8-10-20(11-9-18)21-6-5-7-23(28)15-21;1-3-26-15-19(22(25)27-4-2)14-21(24)12-16-8-10-17(11-9-16)18-6-5-7-20(23)13-18/h5-11,15-16,19,22H,3-4,12-14,17H2,1-2H3,(H,29,31);5-11,13,19,21H,3-4,12,14-15,24H2,1-2H3/t19-,22+;19-,21+/m10/s1. The van der Waals surface area contributed by atoms with Crippen molar-refractivity contribution in [2.75, 3.05) is 39.6 Å². The van der Waals surface area contributed by atoms with Crippen LogP contribution >= 0.6 is 23.2 Å². The van der Waals surface area contributed by atoms with E-state index in [9.17, 15) is 19.2 Å². The molecule has 5 rings (SSSR count). The number of aromatic nitrogens is 1. The third-order valence-corrected chi connectivity index (χ3v) is 10.5. The van der Waals surface area contributed by atoms with Crippen molar-refractivity contribution in [1.82, 2.24) is 5.16 Å². The van der Waals surface area contributed by atoms with Gasteiger partial charge >= 0.3 is 11.9 Å². The number of aromatic amines is 1. The second-order valence-electron chi connectivity index (χ2n) is 14.8. The first kappa shape index (κ1) is 49.6. The van der Waals surface area contributed by atoms with Gasteiger partial charge in [-0.25, -0.2) is 0 Å². The van der Waals surface area contributed by atoms with Crippen LogP contribution in [-0.2, 0) is 41.4 Å². The Balaban J connectivity index is 0.000000282. The number of hydrogen-bond donors (Lipinski definition) is 2. The summed E-state index contributed by atoms with van der Waals surface area (Å²) in [6, 6.07) is 32.7. The van der Waals surface area contributed by atoms with Gasteiger partial charge in [0, 0.05) is 35.7 Å². The average molecular weight is 890 g/mol. The molecule has 0 aliphatic carbocycles. The Bertz CT molecular complexity index is 2190. The van der Waals surface area contributed by atoms with Gasteiger partial charge in [-0.3, -0.25) is 19.2 Å². The molecule has 13 heteroatoms. The number of halogens is 2. The van der Waals surface area contributed by atoms with Crippen molar-refractivity contribution < 1.29 is 37.9 Å².